The number of halogens is 1. The highest BCUT2D eigenvalue weighted by molar-refractivity contribution is 7.99. The van der Waals surface area contributed by atoms with Gasteiger partial charge in [0.15, 0.2) is 11.9 Å². The molecule has 0 spiro atoms. The van der Waals surface area contributed by atoms with Crippen molar-refractivity contribution in [3.63, 3.8) is 0 Å². The topological polar surface area (TPSA) is 54.0 Å². The molecule has 28 heavy (non-hydrogen) atoms. The molecule has 4 rings (SSSR count). The number of aryl methyl sites for hydroxylation is 1. The second-order valence-electron chi connectivity index (χ2n) is 6.89. The first kappa shape index (κ1) is 19.7. The van der Waals surface area contributed by atoms with E-state index in [0.29, 0.717) is 0 Å². The van der Waals surface area contributed by atoms with Crippen LogP contribution < -0.4 is 0 Å². The average Bonchev–Trinajstić information content (AvgIpc) is 3.25. The minimum Gasteiger partial charge on any atom is -0.462 e. The lowest BCUT2D eigenvalue weighted by Crippen LogP contribution is -2.45. The van der Waals surface area contributed by atoms with Gasteiger partial charge in [0.1, 0.15) is 24.0 Å². The van der Waals surface area contributed by atoms with Gasteiger partial charge in [0.05, 0.1) is 6.61 Å². The SMILES string of the molecule is Cc1ccc(S[C@H]2OC[C@@]3(COC(=O)CCl)O[C@@H](c4ccccc4)O[C@@H]23)cc1. The number of carbonyl (C=O) groups is 1. The van der Waals surface area contributed by atoms with Crippen molar-refractivity contribution in [2.24, 2.45) is 0 Å². The smallest absolute Gasteiger partial charge is 0.320 e. The molecule has 0 saturated carbocycles. The molecule has 4 atom stereocenters. The van der Waals surface area contributed by atoms with Gasteiger partial charge in [0.25, 0.3) is 0 Å². The van der Waals surface area contributed by atoms with E-state index in [2.05, 4.69) is 31.2 Å². The summed E-state index contributed by atoms with van der Waals surface area (Å²) in [7, 11) is 0. The summed E-state index contributed by atoms with van der Waals surface area (Å²) in [5, 5.41) is 0. The van der Waals surface area contributed by atoms with Crippen molar-refractivity contribution in [2.75, 3.05) is 19.1 Å². The molecule has 2 aromatic carbocycles. The summed E-state index contributed by atoms with van der Waals surface area (Å²) in [5.41, 5.74) is 0.985. The van der Waals surface area contributed by atoms with Gasteiger partial charge in [-0.2, -0.15) is 0 Å². The van der Waals surface area contributed by atoms with E-state index in [-0.39, 0.29) is 30.6 Å². The highest BCUT2D eigenvalue weighted by Crippen LogP contribution is 2.48. The molecule has 0 bridgehead atoms. The van der Waals surface area contributed by atoms with Crippen molar-refractivity contribution >= 4 is 29.3 Å². The first-order valence-corrected chi connectivity index (χ1v) is 10.5. The third-order valence-corrected chi connectivity index (χ3v) is 6.18. The van der Waals surface area contributed by atoms with E-state index in [4.69, 9.17) is 30.5 Å². The maximum Gasteiger partial charge on any atom is 0.320 e. The zero-order valence-electron chi connectivity index (χ0n) is 15.4. The van der Waals surface area contributed by atoms with E-state index in [1.165, 1.54) is 5.56 Å². The normalized spacial score (nSPS) is 28.9. The Balaban J connectivity index is 1.55. The summed E-state index contributed by atoms with van der Waals surface area (Å²) >= 11 is 7.15. The third-order valence-electron chi connectivity index (χ3n) is 4.80. The van der Waals surface area contributed by atoms with Crippen LogP contribution in [0.5, 0.6) is 0 Å². The van der Waals surface area contributed by atoms with Gasteiger partial charge in [0, 0.05) is 10.5 Å². The largest absolute Gasteiger partial charge is 0.462 e. The van der Waals surface area contributed by atoms with Gasteiger partial charge in [-0.1, -0.05) is 59.8 Å². The van der Waals surface area contributed by atoms with Crippen molar-refractivity contribution in [1.29, 1.82) is 0 Å². The van der Waals surface area contributed by atoms with Crippen molar-refractivity contribution in [3.8, 4) is 0 Å². The lowest BCUT2D eigenvalue weighted by molar-refractivity contribution is -0.159. The predicted molar refractivity (Wildman–Crippen MR) is 106 cm³/mol. The highest BCUT2D eigenvalue weighted by atomic mass is 35.5. The molecule has 2 aromatic rings. The number of benzene rings is 2. The molecule has 2 fully saturated rings. The van der Waals surface area contributed by atoms with Crippen LogP contribution in [0.15, 0.2) is 59.5 Å². The van der Waals surface area contributed by atoms with Crippen LogP contribution >= 0.6 is 23.4 Å². The summed E-state index contributed by atoms with van der Waals surface area (Å²) in [4.78, 5) is 12.7. The molecule has 2 saturated heterocycles. The Morgan fingerprint density at radius 1 is 1.21 bits per heavy atom. The van der Waals surface area contributed by atoms with Gasteiger partial charge in [-0.3, -0.25) is 4.79 Å². The van der Waals surface area contributed by atoms with Crippen LogP contribution in [0.2, 0.25) is 0 Å². The molecular weight excluding hydrogens is 400 g/mol. The monoisotopic (exact) mass is 420 g/mol. The number of fused-ring (bicyclic) bond motifs is 1. The number of ether oxygens (including phenoxy) is 4. The molecule has 0 N–H and O–H groups in total. The summed E-state index contributed by atoms with van der Waals surface area (Å²) in [6.45, 7) is 2.37. The van der Waals surface area contributed by atoms with E-state index in [1.807, 2.05) is 30.3 Å². The van der Waals surface area contributed by atoms with Crippen molar-refractivity contribution < 1.29 is 23.7 Å². The van der Waals surface area contributed by atoms with Crippen LogP contribution in [0, 0.1) is 6.92 Å². The minimum absolute atomic E-state index is 0.0392. The quantitative estimate of drug-likeness (QED) is 0.518. The van der Waals surface area contributed by atoms with Crippen LogP contribution in [0.3, 0.4) is 0 Å². The number of alkyl halides is 1. The van der Waals surface area contributed by atoms with Gasteiger partial charge in [-0.25, -0.2) is 0 Å². The van der Waals surface area contributed by atoms with E-state index in [1.54, 1.807) is 11.8 Å². The minimum atomic E-state index is -0.857. The number of esters is 1. The number of hydrogen-bond donors (Lipinski definition) is 0. The van der Waals surface area contributed by atoms with Crippen LogP contribution in [0.1, 0.15) is 17.4 Å². The lowest BCUT2D eigenvalue weighted by atomic mass is 10.0. The second-order valence-corrected chi connectivity index (χ2v) is 8.33. The molecule has 5 nitrogen and oxygen atoms in total. The van der Waals surface area contributed by atoms with Crippen LogP contribution in [-0.2, 0) is 23.7 Å². The van der Waals surface area contributed by atoms with Crippen molar-refractivity contribution in [2.45, 2.75) is 35.3 Å². The maximum absolute atomic E-state index is 11.6. The summed E-state index contributed by atoms with van der Waals surface area (Å²) in [5.74, 6) is -0.692. The van der Waals surface area contributed by atoms with E-state index in [0.717, 1.165) is 10.5 Å². The third kappa shape index (κ3) is 4.07. The van der Waals surface area contributed by atoms with Gasteiger partial charge in [-0.05, 0) is 19.1 Å². The standard InChI is InChI=1S/C21H21ClO5S/c1-14-7-9-16(10-8-14)28-20-18-21(13-25-20,12-24-17(23)11-22)27-19(26-18)15-5-3-2-4-6-15/h2-10,18-20H,11-13H2,1H3/t18-,19-,20+,21+/m0/s1. The molecule has 0 amide bonds. The fourth-order valence-corrected chi connectivity index (χ4v) is 4.52. The van der Waals surface area contributed by atoms with Gasteiger partial charge in [-0.15, -0.1) is 11.6 Å². The number of hydrogen-bond acceptors (Lipinski definition) is 6. The lowest BCUT2D eigenvalue weighted by Gasteiger charge is -2.25. The van der Waals surface area contributed by atoms with Crippen LogP contribution in [0.4, 0.5) is 0 Å². The average molecular weight is 421 g/mol. The molecule has 2 aliphatic heterocycles. The van der Waals surface area contributed by atoms with E-state index in [9.17, 15) is 4.79 Å². The molecular formula is C21H21ClO5S. The van der Waals surface area contributed by atoms with Crippen LogP contribution in [0.25, 0.3) is 0 Å². The first-order chi connectivity index (χ1) is 13.6. The number of thioether (sulfide) groups is 1. The highest BCUT2D eigenvalue weighted by Gasteiger charge is 2.60. The maximum atomic E-state index is 11.6. The second kappa shape index (κ2) is 8.43. The first-order valence-electron chi connectivity index (χ1n) is 9.04. The summed E-state index contributed by atoms with van der Waals surface area (Å²) in [6.07, 6.45) is -0.918. The Kier molecular flexibility index (Phi) is 5.94. The fraction of sp³-hybridized carbons (Fsp3) is 0.381. The summed E-state index contributed by atoms with van der Waals surface area (Å²) < 4.78 is 23.8. The van der Waals surface area contributed by atoms with Gasteiger partial charge >= 0.3 is 5.97 Å². The Hall–Kier alpha value is -1.57. The number of carbonyl (C=O) groups excluding carboxylic acids is 1. The Morgan fingerprint density at radius 3 is 2.68 bits per heavy atom. The summed E-state index contributed by atoms with van der Waals surface area (Å²) in [6, 6.07) is 18.0. The Labute approximate surface area is 173 Å². The van der Waals surface area contributed by atoms with E-state index < -0.39 is 17.9 Å². The van der Waals surface area contributed by atoms with E-state index >= 15 is 0 Å². The number of rotatable bonds is 6. The Morgan fingerprint density at radius 2 is 1.96 bits per heavy atom. The molecule has 148 valence electrons. The molecule has 2 aliphatic rings. The zero-order chi connectivity index (χ0) is 19.6. The molecule has 0 aromatic heterocycles. The fourth-order valence-electron chi connectivity index (χ4n) is 3.31. The molecule has 0 aliphatic carbocycles. The predicted octanol–water partition coefficient (Wildman–Crippen LogP) is 4.08. The molecule has 7 heteroatoms. The zero-order valence-corrected chi connectivity index (χ0v) is 16.9. The molecule has 0 radical (unpaired) electrons. The van der Waals surface area contributed by atoms with Crippen molar-refractivity contribution in [3.05, 3.63) is 65.7 Å². The molecule has 0 unspecified atom stereocenters. The van der Waals surface area contributed by atoms with Gasteiger partial charge < -0.3 is 18.9 Å². The molecule has 2 heterocycles. The van der Waals surface area contributed by atoms with Gasteiger partial charge in [0.2, 0.25) is 0 Å². The van der Waals surface area contributed by atoms with Crippen LogP contribution in [-0.4, -0.2) is 42.2 Å². The van der Waals surface area contributed by atoms with Crippen molar-refractivity contribution in [1.82, 2.24) is 0 Å². The Bertz CT molecular complexity index is 815.